The number of aromatic nitrogens is 2. The molecule has 0 aliphatic carbocycles. The van der Waals surface area contributed by atoms with Gasteiger partial charge in [-0.3, -0.25) is 4.79 Å². The maximum absolute atomic E-state index is 13.6. The van der Waals surface area contributed by atoms with Gasteiger partial charge in [-0.1, -0.05) is 12.1 Å². The average molecular weight is 327 g/mol. The van der Waals surface area contributed by atoms with Gasteiger partial charge in [-0.25, -0.2) is 13.8 Å². The number of nitrogens with one attached hydrogen (secondary N) is 1. The smallest absolute Gasteiger partial charge is 0.258 e. The van der Waals surface area contributed by atoms with E-state index >= 15 is 0 Å². The standard InChI is InChI=1S/C18H15F2N3O/c1-12-21-8-9-23(12)11-13-2-5-15(6-3-13)22-18(24)16-10-14(19)4-7-17(16)20/h2-10H,11H2,1H3,(H,22,24). The molecule has 0 aliphatic heterocycles. The van der Waals surface area contributed by atoms with Gasteiger partial charge in [-0.05, 0) is 42.8 Å². The predicted octanol–water partition coefficient (Wildman–Crippen LogP) is 3.77. The molecule has 6 heteroatoms. The van der Waals surface area contributed by atoms with Crippen LogP contribution in [0.15, 0.2) is 54.9 Å². The highest BCUT2D eigenvalue weighted by molar-refractivity contribution is 6.04. The Morgan fingerprint density at radius 2 is 1.92 bits per heavy atom. The molecule has 0 fully saturated rings. The number of aryl methyl sites for hydroxylation is 1. The van der Waals surface area contributed by atoms with Crippen molar-refractivity contribution in [1.82, 2.24) is 9.55 Å². The second kappa shape index (κ2) is 6.62. The molecule has 122 valence electrons. The number of amides is 1. The van der Waals surface area contributed by atoms with E-state index in [4.69, 9.17) is 0 Å². The molecule has 0 radical (unpaired) electrons. The number of anilines is 1. The van der Waals surface area contributed by atoms with Gasteiger partial charge >= 0.3 is 0 Å². The van der Waals surface area contributed by atoms with E-state index in [0.717, 1.165) is 29.6 Å². The second-order valence-electron chi connectivity index (χ2n) is 5.38. The van der Waals surface area contributed by atoms with Gasteiger partial charge in [0.05, 0.1) is 5.56 Å². The fourth-order valence-corrected chi connectivity index (χ4v) is 2.33. The van der Waals surface area contributed by atoms with Crippen LogP contribution in [0.3, 0.4) is 0 Å². The molecule has 1 N–H and O–H groups in total. The van der Waals surface area contributed by atoms with Crippen molar-refractivity contribution >= 4 is 11.6 Å². The fraction of sp³-hybridized carbons (Fsp3) is 0.111. The van der Waals surface area contributed by atoms with Crippen LogP contribution in [0.2, 0.25) is 0 Å². The summed E-state index contributed by atoms with van der Waals surface area (Å²) in [6, 6.07) is 9.93. The van der Waals surface area contributed by atoms with E-state index in [0.29, 0.717) is 12.2 Å². The van der Waals surface area contributed by atoms with Crippen LogP contribution in [0.5, 0.6) is 0 Å². The summed E-state index contributed by atoms with van der Waals surface area (Å²) < 4.78 is 28.8. The molecule has 0 saturated carbocycles. The van der Waals surface area contributed by atoms with Gasteiger partial charge in [0, 0.05) is 24.6 Å². The van der Waals surface area contributed by atoms with Crippen LogP contribution in [-0.2, 0) is 6.54 Å². The van der Waals surface area contributed by atoms with E-state index in [2.05, 4.69) is 10.3 Å². The zero-order valence-electron chi connectivity index (χ0n) is 13.0. The number of hydrogen-bond acceptors (Lipinski definition) is 2. The molecular weight excluding hydrogens is 312 g/mol. The first-order valence-electron chi connectivity index (χ1n) is 7.36. The Labute approximate surface area is 137 Å². The molecule has 0 spiro atoms. The Balaban J connectivity index is 1.71. The molecule has 0 unspecified atom stereocenters. The number of carbonyl (C=O) groups excluding carboxylic acids is 1. The first-order valence-corrected chi connectivity index (χ1v) is 7.36. The minimum absolute atomic E-state index is 0.326. The van der Waals surface area contributed by atoms with E-state index in [1.807, 2.05) is 29.8 Å². The number of hydrogen-bond donors (Lipinski definition) is 1. The molecular formula is C18H15F2N3O. The van der Waals surface area contributed by atoms with Crippen LogP contribution in [-0.4, -0.2) is 15.5 Å². The summed E-state index contributed by atoms with van der Waals surface area (Å²) in [4.78, 5) is 16.2. The van der Waals surface area contributed by atoms with Crippen molar-refractivity contribution in [3.63, 3.8) is 0 Å². The number of nitrogens with zero attached hydrogens (tertiary/aromatic N) is 2. The zero-order valence-corrected chi connectivity index (χ0v) is 13.0. The molecule has 0 bridgehead atoms. The molecule has 3 aromatic rings. The molecule has 0 atom stereocenters. The van der Waals surface area contributed by atoms with Crippen molar-refractivity contribution in [1.29, 1.82) is 0 Å². The lowest BCUT2D eigenvalue weighted by molar-refractivity contribution is 0.102. The van der Waals surface area contributed by atoms with E-state index in [1.54, 1.807) is 18.3 Å². The van der Waals surface area contributed by atoms with Gasteiger partial charge in [-0.2, -0.15) is 0 Å². The van der Waals surface area contributed by atoms with E-state index in [1.165, 1.54) is 0 Å². The van der Waals surface area contributed by atoms with Gasteiger partial charge < -0.3 is 9.88 Å². The van der Waals surface area contributed by atoms with Crippen molar-refractivity contribution in [3.8, 4) is 0 Å². The molecule has 1 aromatic heterocycles. The van der Waals surface area contributed by atoms with E-state index in [9.17, 15) is 13.6 Å². The molecule has 0 aliphatic rings. The van der Waals surface area contributed by atoms with Crippen molar-refractivity contribution in [2.75, 3.05) is 5.32 Å². The third-order valence-electron chi connectivity index (χ3n) is 3.66. The topological polar surface area (TPSA) is 46.9 Å². The van der Waals surface area contributed by atoms with Gasteiger partial charge in [-0.15, -0.1) is 0 Å². The Hall–Kier alpha value is -3.02. The molecule has 4 nitrogen and oxygen atoms in total. The van der Waals surface area contributed by atoms with Crippen molar-refractivity contribution < 1.29 is 13.6 Å². The average Bonchev–Trinajstić information content (AvgIpc) is 2.96. The third-order valence-corrected chi connectivity index (χ3v) is 3.66. The third kappa shape index (κ3) is 3.48. The Bertz CT molecular complexity index is 872. The Kier molecular flexibility index (Phi) is 4.37. The lowest BCUT2D eigenvalue weighted by Crippen LogP contribution is -2.14. The van der Waals surface area contributed by atoms with Crippen LogP contribution < -0.4 is 5.32 Å². The summed E-state index contributed by atoms with van der Waals surface area (Å²) in [5.74, 6) is -1.20. The van der Waals surface area contributed by atoms with Gasteiger partial charge in [0.2, 0.25) is 0 Å². The molecule has 1 amide bonds. The Morgan fingerprint density at radius 3 is 2.58 bits per heavy atom. The van der Waals surface area contributed by atoms with Crippen LogP contribution in [0.25, 0.3) is 0 Å². The first-order chi connectivity index (χ1) is 11.5. The van der Waals surface area contributed by atoms with Gasteiger partial charge in [0.25, 0.3) is 5.91 Å². The SMILES string of the molecule is Cc1nccn1Cc1ccc(NC(=O)c2cc(F)ccc2F)cc1. The van der Waals surface area contributed by atoms with Crippen LogP contribution >= 0.6 is 0 Å². The number of rotatable bonds is 4. The zero-order chi connectivity index (χ0) is 17.1. The summed E-state index contributed by atoms with van der Waals surface area (Å²) in [7, 11) is 0. The second-order valence-corrected chi connectivity index (χ2v) is 5.38. The minimum atomic E-state index is -0.763. The van der Waals surface area contributed by atoms with Crippen LogP contribution in [0, 0.1) is 18.6 Å². The maximum atomic E-state index is 13.6. The highest BCUT2D eigenvalue weighted by atomic mass is 19.1. The van der Waals surface area contributed by atoms with Gasteiger partial charge in [0.15, 0.2) is 0 Å². The predicted molar refractivity (Wildman–Crippen MR) is 86.8 cm³/mol. The molecule has 0 saturated heterocycles. The number of carbonyl (C=O) groups is 1. The number of halogens is 2. The Morgan fingerprint density at radius 1 is 1.17 bits per heavy atom. The number of imidazole rings is 1. The van der Waals surface area contributed by atoms with Crippen molar-refractivity contribution in [3.05, 3.63) is 83.4 Å². The fourth-order valence-electron chi connectivity index (χ4n) is 2.33. The molecule has 2 aromatic carbocycles. The first kappa shape index (κ1) is 15.9. The van der Waals surface area contributed by atoms with Crippen LogP contribution in [0.4, 0.5) is 14.5 Å². The highest BCUT2D eigenvalue weighted by Crippen LogP contribution is 2.15. The summed E-state index contributed by atoms with van der Waals surface area (Å²) in [5.41, 5.74) is 1.22. The molecule has 3 rings (SSSR count). The van der Waals surface area contributed by atoms with Gasteiger partial charge in [0.1, 0.15) is 17.5 Å². The van der Waals surface area contributed by atoms with Crippen molar-refractivity contribution in [2.24, 2.45) is 0 Å². The van der Waals surface area contributed by atoms with Crippen molar-refractivity contribution in [2.45, 2.75) is 13.5 Å². The largest absolute Gasteiger partial charge is 0.331 e. The summed E-state index contributed by atoms with van der Waals surface area (Å²) in [6.45, 7) is 2.58. The molecule has 1 heterocycles. The quantitative estimate of drug-likeness (QED) is 0.793. The maximum Gasteiger partial charge on any atom is 0.258 e. The summed E-state index contributed by atoms with van der Waals surface area (Å²) >= 11 is 0. The van der Waals surface area contributed by atoms with E-state index in [-0.39, 0.29) is 5.56 Å². The normalized spacial score (nSPS) is 10.6. The lowest BCUT2D eigenvalue weighted by Gasteiger charge is -2.09. The minimum Gasteiger partial charge on any atom is -0.331 e. The summed E-state index contributed by atoms with van der Waals surface area (Å²) in [6.07, 6.45) is 3.62. The monoisotopic (exact) mass is 327 g/mol. The van der Waals surface area contributed by atoms with Crippen LogP contribution in [0.1, 0.15) is 21.7 Å². The highest BCUT2D eigenvalue weighted by Gasteiger charge is 2.13. The lowest BCUT2D eigenvalue weighted by atomic mass is 10.1. The van der Waals surface area contributed by atoms with E-state index < -0.39 is 17.5 Å². The molecule has 24 heavy (non-hydrogen) atoms. The number of benzene rings is 2. The summed E-state index contributed by atoms with van der Waals surface area (Å²) in [5, 5.41) is 2.56.